The highest BCUT2D eigenvalue weighted by atomic mass is 19.1. The first-order chi connectivity index (χ1) is 8.65. The average Bonchev–Trinajstić information content (AvgIpc) is 2.68. The van der Waals surface area contributed by atoms with Crippen LogP contribution in [0.25, 0.3) is 16.6 Å². The molecule has 18 heavy (non-hydrogen) atoms. The number of nitrogens with zero attached hydrogens (tertiary/aromatic N) is 1. The molecule has 0 radical (unpaired) electrons. The maximum atomic E-state index is 13.1. The largest absolute Gasteiger partial charge is 0.272 e. The van der Waals surface area contributed by atoms with Crippen molar-refractivity contribution in [3.05, 3.63) is 64.2 Å². The van der Waals surface area contributed by atoms with E-state index in [9.17, 15) is 9.18 Å². The number of aromatic nitrogens is 2. The first-order valence-electron chi connectivity index (χ1n) is 5.62. The topological polar surface area (TPSA) is 37.8 Å². The third kappa shape index (κ3) is 1.62. The number of hydrogen-bond acceptors (Lipinski definition) is 1. The van der Waals surface area contributed by atoms with Gasteiger partial charge in [-0.2, -0.15) is 0 Å². The van der Waals surface area contributed by atoms with Gasteiger partial charge in [0.2, 0.25) is 0 Å². The van der Waals surface area contributed by atoms with E-state index in [4.69, 9.17) is 0 Å². The quantitative estimate of drug-likeness (QED) is 0.700. The summed E-state index contributed by atoms with van der Waals surface area (Å²) in [6.07, 6.45) is 0. The van der Waals surface area contributed by atoms with Gasteiger partial charge in [0.05, 0.1) is 16.6 Å². The van der Waals surface area contributed by atoms with Crippen molar-refractivity contribution in [2.45, 2.75) is 6.92 Å². The molecular weight excluding hydrogens is 231 g/mol. The summed E-state index contributed by atoms with van der Waals surface area (Å²) in [7, 11) is 0. The fourth-order valence-corrected chi connectivity index (χ4v) is 2.00. The number of aromatic amines is 1. The SMILES string of the molecule is Cc1ccc(-n2[nH]c(=O)c3cc(F)ccc32)cc1. The van der Waals surface area contributed by atoms with Gasteiger partial charge in [0, 0.05) is 0 Å². The maximum absolute atomic E-state index is 13.1. The minimum Gasteiger partial charge on any atom is -0.267 e. The van der Waals surface area contributed by atoms with E-state index < -0.39 is 5.82 Å². The van der Waals surface area contributed by atoms with Crippen LogP contribution in [0.5, 0.6) is 0 Å². The van der Waals surface area contributed by atoms with E-state index in [1.165, 1.54) is 12.1 Å². The van der Waals surface area contributed by atoms with Gasteiger partial charge in [-0.3, -0.25) is 14.6 Å². The summed E-state index contributed by atoms with van der Waals surface area (Å²) in [4.78, 5) is 11.7. The van der Waals surface area contributed by atoms with Gasteiger partial charge >= 0.3 is 0 Å². The zero-order valence-electron chi connectivity index (χ0n) is 9.77. The Morgan fingerprint density at radius 1 is 1.11 bits per heavy atom. The normalized spacial score (nSPS) is 11.0. The zero-order chi connectivity index (χ0) is 12.7. The number of fused-ring (bicyclic) bond motifs is 1. The molecule has 0 saturated heterocycles. The van der Waals surface area contributed by atoms with E-state index in [1.54, 1.807) is 10.7 Å². The minimum atomic E-state index is -0.408. The van der Waals surface area contributed by atoms with Crippen LogP contribution in [0, 0.1) is 12.7 Å². The van der Waals surface area contributed by atoms with Crippen molar-refractivity contribution in [2.75, 3.05) is 0 Å². The highest BCUT2D eigenvalue weighted by molar-refractivity contribution is 5.80. The molecule has 0 bridgehead atoms. The third-order valence-corrected chi connectivity index (χ3v) is 2.95. The Morgan fingerprint density at radius 3 is 2.56 bits per heavy atom. The van der Waals surface area contributed by atoms with Gasteiger partial charge in [0.25, 0.3) is 5.56 Å². The number of aryl methyl sites for hydroxylation is 1. The Labute approximate surface area is 102 Å². The van der Waals surface area contributed by atoms with E-state index in [0.29, 0.717) is 10.9 Å². The van der Waals surface area contributed by atoms with Crippen LogP contribution in [0.3, 0.4) is 0 Å². The lowest BCUT2D eigenvalue weighted by atomic mass is 10.2. The van der Waals surface area contributed by atoms with Crippen molar-refractivity contribution in [1.29, 1.82) is 0 Å². The molecule has 90 valence electrons. The molecule has 1 N–H and O–H groups in total. The highest BCUT2D eigenvalue weighted by Gasteiger charge is 2.08. The third-order valence-electron chi connectivity index (χ3n) is 2.95. The molecule has 0 amide bonds. The van der Waals surface area contributed by atoms with Gasteiger partial charge in [-0.05, 0) is 37.3 Å². The summed E-state index contributed by atoms with van der Waals surface area (Å²) in [6, 6.07) is 11.9. The highest BCUT2D eigenvalue weighted by Crippen LogP contribution is 2.16. The second-order valence-corrected chi connectivity index (χ2v) is 4.27. The maximum Gasteiger partial charge on any atom is 0.272 e. The van der Waals surface area contributed by atoms with Crippen molar-refractivity contribution in [3.63, 3.8) is 0 Å². The molecular formula is C14H11FN2O. The Balaban J connectivity index is 2.30. The average molecular weight is 242 g/mol. The molecule has 0 atom stereocenters. The lowest BCUT2D eigenvalue weighted by Crippen LogP contribution is -2.03. The molecule has 0 spiro atoms. The minimum absolute atomic E-state index is 0.287. The number of benzene rings is 2. The van der Waals surface area contributed by atoms with Crippen LogP contribution in [0.4, 0.5) is 4.39 Å². The van der Waals surface area contributed by atoms with E-state index in [0.717, 1.165) is 11.3 Å². The molecule has 3 rings (SSSR count). The Bertz CT molecular complexity index is 769. The van der Waals surface area contributed by atoms with E-state index >= 15 is 0 Å². The number of hydrogen-bond donors (Lipinski definition) is 1. The van der Waals surface area contributed by atoms with E-state index in [1.807, 2.05) is 31.2 Å². The molecule has 0 aliphatic rings. The van der Waals surface area contributed by atoms with Crippen LogP contribution in [0.15, 0.2) is 47.3 Å². The van der Waals surface area contributed by atoms with Gasteiger partial charge in [0.1, 0.15) is 5.82 Å². The summed E-state index contributed by atoms with van der Waals surface area (Å²) in [5, 5.41) is 3.07. The predicted molar refractivity (Wildman–Crippen MR) is 68.6 cm³/mol. The molecule has 0 aliphatic carbocycles. The molecule has 0 fully saturated rings. The summed E-state index contributed by atoms with van der Waals surface area (Å²) < 4.78 is 14.8. The van der Waals surface area contributed by atoms with Crippen molar-refractivity contribution >= 4 is 10.9 Å². The molecule has 0 saturated carbocycles. The van der Waals surface area contributed by atoms with Gasteiger partial charge in [-0.15, -0.1) is 0 Å². The van der Waals surface area contributed by atoms with Gasteiger partial charge in [-0.25, -0.2) is 4.39 Å². The zero-order valence-corrected chi connectivity index (χ0v) is 9.77. The van der Waals surface area contributed by atoms with Crippen LogP contribution in [-0.2, 0) is 0 Å². The summed E-state index contributed by atoms with van der Waals surface area (Å²) in [5.41, 5.74) is 2.37. The second-order valence-electron chi connectivity index (χ2n) is 4.27. The van der Waals surface area contributed by atoms with Crippen molar-refractivity contribution in [3.8, 4) is 5.69 Å². The smallest absolute Gasteiger partial charge is 0.267 e. The second kappa shape index (κ2) is 3.84. The molecule has 3 aromatic rings. The van der Waals surface area contributed by atoms with Crippen LogP contribution in [-0.4, -0.2) is 9.78 Å². The van der Waals surface area contributed by atoms with E-state index in [-0.39, 0.29) is 5.56 Å². The lowest BCUT2D eigenvalue weighted by molar-refractivity contribution is 0.629. The lowest BCUT2D eigenvalue weighted by Gasteiger charge is -2.04. The summed E-state index contributed by atoms with van der Waals surface area (Å²) in [6.45, 7) is 2.00. The fraction of sp³-hybridized carbons (Fsp3) is 0.0714. The van der Waals surface area contributed by atoms with Crippen LogP contribution in [0.2, 0.25) is 0 Å². The van der Waals surface area contributed by atoms with Gasteiger partial charge in [-0.1, -0.05) is 17.7 Å². The molecule has 0 unspecified atom stereocenters. The molecule has 3 nitrogen and oxygen atoms in total. The number of halogens is 1. The van der Waals surface area contributed by atoms with Crippen molar-refractivity contribution in [1.82, 2.24) is 9.78 Å². The Hall–Kier alpha value is -2.36. The monoisotopic (exact) mass is 242 g/mol. The van der Waals surface area contributed by atoms with Crippen molar-refractivity contribution < 1.29 is 4.39 Å². The first kappa shape index (κ1) is 10.8. The van der Waals surface area contributed by atoms with Gasteiger partial charge < -0.3 is 0 Å². The number of H-pyrrole nitrogens is 1. The first-order valence-corrected chi connectivity index (χ1v) is 5.62. The number of nitrogens with one attached hydrogen (secondary N) is 1. The van der Waals surface area contributed by atoms with Gasteiger partial charge in [0.15, 0.2) is 0 Å². The van der Waals surface area contributed by atoms with Crippen LogP contribution in [0.1, 0.15) is 5.56 Å². The summed E-state index contributed by atoms with van der Waals surface area (Å²) in [5.74, 6) is -0.408. The molecule has 0 aliphatic heterocycles. The molecule has 1 aromatic heterocycles. The Kier molecular flexibility index (Phi) is 2.30. The van der Waals surface area contributed by atoms with E-state index in [2.05, 4.69) is 5.10 Å². The molecule has 2 aromatic carbocycles. The number of rotatable bonds is 1. The standard InChI is InChI=1S/C14H11FN2O/c1-9-2-5-11(6-3-9)17-13-7-4-10(15)8-12(13)14(18)16-17/h2-8H,1H3,(H,16,18). The molecule has 4 heteroatoms. The summed E-state index contributed by atoms with van der Waals surface area (Å²) >= 11 is 0. The fourth-order valence-electron chi connectivity index (χ4n) is 2.00. The van der Waals surface area contributed by atoms with Crippen LogP contribution >= 0.6 is 0 Å². The predicted octanol–water partition coefficient (Wildman–Crippen LogP) is 2.77. The van der Waals surface area contributed by atoms with Crippen LogP contribution < -0.4 is 5.56 Å². The molecule has 1 heterocycles. The Morgan fingerprint density at radius 2 is 1.83 bits per heavy atom. The van der Waals surface area contributed by atoms with Crippen molar-refractivity contribution in [2.24, 2.45) is 0 Å².